The molecule has 1 aromatic carbocycles. The Balaban J connectivity index is 2.03. The molecule has 1 amide bonds. The quantitative estimate of drug-likeness (QED) is 0.472. The van der Waals surface area contributed by atoms with Gasteiger partial charge in [0.2, 0.25) is 5.91 Å². The SMILES string of the molecule is CC(C)(CSc1c(F)c(F)cc(F)c1F)C(=O)NCc1ccccn1. The molecule has 0 aliphatic rings. The van der Waals surface area contributed by atoms with Crippen molar-refractivity contribution in [3.8, 4) is 0 Å². The zero-order valence-electron chi connectivity index (χ0n) is 13.6. The molecular formula is C17H16F4N2OS. The average Bonchev–Trinajstić information content (AvgIpc) is 2.58. The molecular weight excluding hydrogens is 356 g/mol. The highest BCUT2D eigenvalue weighted by Crippen LogP contribution is 2.33. The molecule has 2 rings (SSSR count). The Labute approximate surface area is 146 Å². The van der Waals surface area contributed by atoms with Crippen molar-refractivity contribution in [2.75, 3.05) is 5.75 Å². The van der Waals surface area contributed by atoms with Crippen LogP contribution in [0.1, 0.15) is 19.5 Å². The van der Waals surface area contributed by atoms with E-state index in [0.717, 1.165) is 0 Å². The number of hydrogen-bond donors (Lipinski definition) is 1. The van der Waals surface area contributed by atoms with Crippen LogP contribution in [0.15, 0.2) is 35.4 Å². The Morgan fingerprint density at radius 1 is 1.16 bits per heavy atom. The molecule has 0 fully saturated rings. The van der Waals surface area contributed by atoms with Crippen molar-refractivity contribution in [2.45, 2.75) is 25.3 Å². The van der Waals surface area contributed by atoms with Gasteiger partial charge in [-0.2, -0.15) is 0 Å². The number of carbonyl (C=O) groups is 1. The first kappa shape index (κ1) is 19.2. The van der Waals surface area contributed by atoms with Gasteiger partial charge < -0.3 is 5.32 Å². The first-order valence-corrected chi connectivity index (χ1v) is 8.35. The van der Waals surface area contributed by atoms with Gasteiger partial charge in [-0.15, -0.1) is 11.8 Å². The van der Waals surface area contributed by atoms with Gasteiger partial charge >= 0.3 is 0 Å². The van der Waals surface area contributed by atoms with Crippen molar-refractivity contribution < 1.29 is 22.4 Å². The number of thioether (sulfide) groups is 1. The second-order valence-corrected chi connectivity index (χ2v) is 6.96. The molecule has 1 heterocycles. The van der Waals surface area contributed by atoms with Gasteiger partial charge in [0.1, 0.15) is 0 Å². The summed E-state index contributed by atoms with van der Waals surface area (Å²) < 4.78 is 53.8. The lowest BCUT2D eigenvalue weighted by Gasteiger charge is -2.23. The fourth-order valence-corrected chi connectivity index (χ4v) is 2.99. The second-order valence-electron chi connectivity index (χ2n) is 5.97. The molecule has 0 saturated heterocycles. The highest BCUT2D eigenvalue weighted by Gasteiger charge is 2.30. The molecule has 0 bridgehead atoms. The fourth-order valence-electron chi connectivity index (χ4n) is 1.91. The van der Waals surface area contributed by atoms with Gasteiger partial charge in [-0.3, -0.25) is 9.78 Å². The summed E-state index contributed by atoms with van der Waals surface area (Å²) in [5.41, 5.74) is -0.371. The summed E-state index contributed by atoms with van der Waals surface area (Å²) in [6.07, 6.45) is 1.59. The molecule has 0 spiro atoms. The number of rotatable bonds is 6. The van der Waals surface area contributed by atoms with E-state index in [4.69, 9.17) is 0 Å². The summed E-state index contributed by atoms with van der Waals surface area (Å²) in [4.78, 5) is 15.6. The van der Waals surface area contributed by atoms with Crippen LogP contribution in [0.2, 0.25) is 0 Å². The standard InChI is InChI=1S/C17H16F4N2OS/c1-17(2,16(24)23-8-10-5-3-4-6-22-10)9-25-15-13(20)11(18)7-12(19)14(15)21/h3-7H,8-9H2,1-2H3,(H,23,24). The lowest BCUT2D eigenvalue weighted by molar-refractivity contribution is -0.128. The minimum Gasteiger partial charge on any atom is -0.350 e. The number of carbonyl (C=O) groups excluding carboxylic acids is 1. The highest BCUT2D eigenvalue weighted by atomic mass is 32.2. The van der Waals surface area contributed by atoms with Gasteiger partial charge in [0.15, 0.2) is 23.3 Å². The topological polar surface area (TPSA) is 42.0 Å². The molecule has 2 aromatic rings. The molecule has 0 saturated carbocycles. The van der Waals surface area contributed by atoms with Crippen LogP contribution < -0.4 is 5.32 Å². The van der Waals surface area contributed by atoms with Crippen molar-refractivity contribution in [3.05, 3.63) is 59.4 Å². The number of aromatic nitrogens is 1. The summed E-state index contributed by atoms with van der Waals surface area (Å²) in [5, 5.41) is 2.68. The van der Waals surface area contributed by atoms with Crippen LogP contribution in [0.3, 0.4) is 0 Å². The fraction of sp³-hybridized carbons (Fsp3) is 0.294. The van der Waals surface area contributed by atoms with E-state index in [1.807, 2.05) is 0 Å². The Morgan fingerprint density at radius 2 is 1.80 bits per heavy atom. The number of pyridine rings is 1. The Bertz CT molecular complexity index is 743. The van der Waals surface area contributed by atoms with E-state index in [2.05, 4.69) is 10.3 Å². The molecule has 0 radical (unpaired) electrons. The van der Waals surface area contributed by atoms with E-state index in [1.54, 1.807) is 38.2 Å². The van der Waals surface area contributed by atoms with Crippen LogP contribution >= 0.6 is 11.8 Å². The maximum absolute atomic E-state index is 13.7. The highest BCUT2D eigenvalue weighted by molar-refractivity contribution is 7.99. The molecule has 0 aliphatic heterocycles. The third kappa shape index (κ3) is 4.72. The molecule has 0 unspecified atom stereocenters. The summed E-state index contributed by atoms with van der Waals surface area (Å²) in [6.45, 7) is 3.34. The summed E-state index contributed by atoms with van der Waals surface area (Å²) in [7, 11) is 0. The van der Waals surface area contributed by atoms with E-state index in [-0.39, 0.29) is 24.3 Å². The van der Waals surface area contributed by atoms with Crippen LogP contribution in [0.25, 0.3) is 0 Å². The maximum Gasteiger partial charge on any atom is 0.226 e. The number of amides is 1. The average molecular weight is 372 g/mol. The minimum atomic E-state index is -1.47. The van der Waals surface area contributed by atoms with E-state index >= 15 is 0 Å². The first-order valence-electron chi connectivity index (χ1n) is 7.36. The zero-order chi connectivity index (χ0) is 18.6. The van der Waals surface area contributed by atoms with Crippen LogP contribution in [0, 0.1) is 28.7 Å². The van der Waals surface area contributed by atoms with Gasteiger partial charge in [-0.25, -0.2) is 17.6 Å². The van der Waals surface area contributed by atoms with E-state index < -0.39 is 33.6 Å². The molecule has 134 valence electrons. The van der Waals surface area contributed by atoms with Gasteiger partial charge in [0.25, 0.3) is 0 Å². The predicted octanol–water partition coefficient (Wildman–Crippen LogP) is 4.07. The molecule has 0 aliphatic carbocycles. The molecule has 25 heavy (non-hydrogen) atoms. The number of nitrogens with one attached hydrogen (secondary N) is 1. The molecule has 0 atom stereocenters. The van der Waals surface area contributed by atoms with Gasteiger partial charge in [-0.05, 0) is 12.1 Å². The van der Waals surface area contributed by atoms with E-state index in [0.29, 0.717) is 17.5 Å². The number of benzene rings is 1. The normalized spacial score (nSPS) is 11.4. The summed E-state index contributed by atoms with van der Waals surface area (Å²) >= 11 is 0.552. The van der Waals surface area contributed by atoms with E-state index in [9.17, 15) is 22.4 Å². The monoisotopic (exact) mass is 372 g/mol. The Kier molecular flexibility index (Phi) is 6.05. The van der Waals surface area contributed by atoms with Crippen LogP contribution in [-0.4, -0.2) is 16.6 Å². The Morgan fingerprint density at radius 3 is 2.36 bits per heavy atom. The minimum absolute atomic E-state index is 0.0716. The Hall–Kier alpha value is -2.09. The third-order valence-electron chi connectivity index (χ3n) is 3.42. The summed E-state index contributed by atoms with van der Waals surface area (Å²) in [6, 6.07) is 5.41. The van der Waals surface area contributed by atoms with Crippen molar-refractivity contribution in [3.63, 3.8) is 0 Å². The lowest BCUT2D eigenvalue weighted by atomic mass is 9.95. The van der Waals surface area contributed by atoms with Crippen molar-refractivity contribution in [2.24, 2.45) is 5.41 Å². The van der Waals surface area contributed by atoms with Crippen LogP contribution in [0.4, 0.5) is 17.6 Å². The van der Waals surface area contributed by atoms with Crippen molar-refractivity contribution >= 4 is 17.7 Å². The van der Waals surface area contributed by atoms with Gasteiger partial charge in [0.05, 0.1) is 22.5 Å². The largest absolute Gasteiger partial charge is 0.350 e. The number of halogens is 4. The van der Waals surface area contributed by atoms with Gasteiger partial charge in [0, 0.05) is 18.0 Å². The van der Waals surface area contributed by atoms with Crippen LogP contribution in [-0.2, 0) is 11.3 Å². The smallest absolute Gasteiger partial charge is 0.226 e. The zero-order valence-corrected chi connectivity index (χ0v) is 14.4. The van der Waals surface area contributed by atoms with E-state index in [1.165, 1.54) is 0 Å². The number of nitrogens with zero attached hydrogens (tertiary/aromatic N) is 1. The lowest BCUT2D eigenvalue weighted by Crippen LogP contribution is -2.38. The maximum atomic E-state index is 13.7. The number of hydrogen-bond acceptors (Lipinski definition) is 3. The molecule has 1 aromatic heterocycles. The van der Waals surface area contributed by atoms with Crippen LogP contribution in [0.5, 0.6) is 0 Å². The molecule has 1 N–H and O–H groups in total. The first-order chi connectivity index (χ1) is 11.7. The van der Waals surface area contributed by atoms with Gasteiger partial charge in [-0.1, -0.05) is 19.9 Å². The van der Waals surface area contributed by atoms with Crippen molar-refractivity contribution in [1.82, 2.24) is 10.3 Å². The van der Waals surface area contributed by atoms with Crippen molar-refractivity contribution in [1.29, 1.82) is 0 Å². The summed E-state index contributed by atoms with van der Waals surface area (Å²) in [5.74, 6) is -6.32. The molecule has 3 nitrogen and oxygen atoms in total. The second kappa shape index (κ2) is 7.86. The third-order valence-corrected chi connectivity index (χ3v) is 4.93. The molecule has 8 heteroatoms. The predicted molar refractivity (Wildman–Crippen MR) is 86.9 cm³/mol.